The molecule has 9 heteroatoms. The van der Waals surface area contributed by atoms with Gasteiger partial charge in [0.05, 0.1) is 11.3 Å². The largest absolute Gasteiger partial charge is 0.360 e. The SMILES string of the molecule is Cc1cc(NC(=O)CSc2nnc(-c3ccccc3F)n2CC(C)C)no1. The number of amides is 1. The molecule has 7 nitrogen and oxygen atoms in total. The molecule has 0 spiro atoms. The van der Waals surface area contributed by atoms with E-state index < -0.39 is 0 Å². The molecular formula is C18H20FN5O2S. The standard InChI is InChI=1S/C18H20FN5O2S/c1-11(2)9-24-17(13-6-4-5-7-14(13)19)21-22-18(24)27-10-16(25)20-15-8-12(3)26-23-15/h4-8,11H,9-10H2,1-3H3,(H,20,23,25). The molecule has 27 heavy (non-hydrogen) atoms. The van der Waals surface area contributed by atoms with Crippen molar-refractivity contribution in [2.24, 2.45) is 5.92 Å². The van der Waals surface area contributed by atoms with Gasteiger partial charge in [0.2, 0.25) is 5.91 Å². The van der Waals surface area contributed by atoms with E-state index in [-0.39, 0.29) is 17.5 Å². The summed E-state index contributed by atoms with van der Waals surface area (Å²) in [6.07, 6.45) is 0. The Kier molecular flexibility index (Phi) is 5.90. The van der Waals surface area contributed by atoms with Crippen molar-refractivity contribution in [1.82, 2.24) is 19.9 Å². The number of aromatic nitrogens is 4. The minimum absolute atomic E-state index is 0.124. The van der Waals surface area contributed by atoms with Crippen LogP contribution >= 0.6 is 11.8 Å². The molecule has 0 unspecified atom stereocenters. The number of halogens is 1. The van der Waals surface area contributed by atoms with Gasteiger partial charge in [-0.25, -0.2) is 4.39 Å². The van der Waals surface area contributed by atoms with Crippen LogP contribution in [0.1, 0.15) is 19.6 Å². The fourth-order valence-electron chi connectivity index (χ4n) is 2.50. The first kappa shape index (κ1) is 19.1. The Morgan fingerprint density at radius 2 is 2.11 bits per heavy atom. The zero-order valence-corrected chi connectivity index (χ0v) is 16.1. The van der Waals surface area contributed by atoms with E-state index in [1.807, 2.05) is 4.57 Å². The lowest BCUT2D eigenvalue weighted by Gasteiger charge is -2.12. The third-order valence-corrected chi connectivity index (χ3v) is 4.57. The van der Waals surface area contributed by atoms with Gasteiger partial charge in [0.25, 0.3) is 0 Å². The van der Waals surface area contributed by atoms with Crippen molar-refractivity contribution in [3.63, 3.8) is 0 Å². The Balaban J connectivity index is 1.77. The van der Waals surface area contributed by atoms with Crippen molar-refractivity contribution in [2.75, 3.05) is 11.1 Å². The van der Waals surface area contributed by atoms with E-state index in [0.29, 0.717) is 40.6 Å². The van der Waals surface area contributed by atoms with Crippen molar-refractivity contribution >= 4 is 23.5 Å². The van der Waals surface area contributed by atoms with Crippen LogP contribution in [0.25, 0.3) is 11.4 Å². The van der Waals surface area contributed by atoms with Crippen LogP contribution in [0.5, 0.6) is 0 Å². The fourth-order valence-corrected chi connectivity index (χ4v) is 3.25. The lowest BCUT2D eigenvalue weighted by molar-refractivity contribution is -0.113. The van der Waals surface area contributed by atoms with Gasteiger partial charge in [-0.15, -0.1) is 10.2 Å². The number of hydrogen-bond donors (Lipinski definition) is 1. The van der Waals surface area contributed by atoms with Gasteiger partial charge in [0, 0.05) is 12.6 Å². The predicted octanol–water partition coefficient (Wildman–Crippen LogP) is 3.77. The highest BCUT2D eigenvalue weighted by Crippen LogP contribution is 2.27. The zero-order chi connectivity index (χ0) is 19.4. The fraction of sp³-hybridized carbons (Fsp3) is 0.333. The van der Waals surface area contributed by atoms with Gasteiger partial charge < -0.3 is 14.4 Å². The maximum atomic E-state index is 14.2. The van der Waals surface area contributed by atoms with Crippen LogP contribution in [-0.2, 0) is 11.3 Å². The number of benzene rings is 1. The quantitative estimate of drug-likeness (QED) is 0.619. The van der Waals surface area contributed by atoms with Crippen LogP contribution < -0.4 is 5.32 Å². The highest BCUT2D eigenvalue weighted by atomic mass is 32.2. The highest BCUT2D eigenvalue weighted by molar-refractivity contribution is 7.99. The Labute approximate surface area is 160 Å². The Bertz CT molecular complexity index is 937. The van der Waals surface area contributed by atoms with Gasteiger partial charge in [-0.1, -0.05) is 42.9 Å². The summed E-state index contributed by atoms with van der Waals surface area (Å²) in [5.41, 5.74) is 0.389. The number of hydrogen-bond acceptors (Lipinski definition) is 6. The van der Waals surface area contributed by atoms with Crippen LogP contribution in [0.15, 0.2) is 40.0 Å². The van der Waals surface area contributed by atoms with Gasteiger partial charge >= 0.3 is 0 Å². The topological polar surface area (TPSA) is 85.8 Å². The summed E-state index contributed by atoms with van der Waals surface area (Å²) in [5.74, 6) is 1.28. The summed E-state index contributed by atoms with van der Waals surface area (Å²) < 4.78 is 21.0. The van der Waals surface area contributed by atoms with Gasteiger partial charge in [0.1, 0.15) is 11.6 Å². The number of aryl methyl sites for hydroxylation is 1. The molecule has 0 saturated carbocycles. The molecule has 0 atom stereocenters. The molecule has 0 saturated heterocycles. The van der Waals surface area contributed by atoms with Gasteiger partial charge in [-0.2, -0.15) is 0 Å². The first-order valence-corrected chi connectivity index (χ1v) is 9.46. The van der Waals surface area contributed by atoms with Crippen molar-refractivity contribution < 1.29 is 13.7 Å². The molecule has 0 radical (unpaired) electrons. The molecule has 3 aromatic rings. The van der Waals surface area contributed by atoms with Crippen LogP contribution in [0, 0.1) is 18.7 Å². The minimum atomic E-state index is -0.356. The summed E-state index contributed by atoms with van der Waals surface area (Å²) in [5, 5.41) is 15.3. The number of carbonyl (C=O) groups excluding carboxylic acids is 1. The molecular weight excluding hydrogens is 369 g/mol. The van der Waals surface area contributed by atoms with E-state index in [2.05, 4.69) is 34.5 Å². The first-order valence-electron chi connectivity index (χ1n) is 8.48. The third kappa shape index (κ3) is 4.73. The Morgan fingerprint density at radius 1 is 1.33 bits per heavy atom. The van der Waals surface area contributed by atoms with Crippen molar-refractivity contribution in [3.8, 4) is 11.4 Å². The molecule has 0 fully saturated rings. The molecule has 0 aliphatic carbocycles. The molecule has 3 rings (SSSR count). The summed E-state index contributed by atoms with van der Waals surface area (Å²) in [6.45, 7) is 6.47. The number of nitrogens with one attached hydrogen (secondary N) is 1. The second-order valence-corrected chi connectivity index (χ2v) is 7.39. The maximum Gasteiger partial charge on any atom is 0.236 e. The van der Waals surface area contributed by atoms with Crippen molar-refractivity contribution in [2.45, 2.75) is 32.5 Å². The van der Waals surface area contributed by atoms with Gasteiger partial charge in [0.15, 0.2) is 16.8 Å². The predicted molar refractivity (Wildman–Crippen MR) is 101 cm³/mol. The maximum absolute atomic E-state index is 14.2. The van der Waals surface area contributed by atoms with Gasteiger partial charge in [-0.05, 0) is 25.0 Å². The van der Waals surface area contributed by atoms with E-state index in [4.69, 9.17) is 4.52 Å². The average molecular weight is 389 g/mol. The second kappa shape index (κ2) is 8.34. The van der Waals surface area contributed by atoms with Crippen LogP contribution in [0.2, 0.25) is 0 Å². The monoisotopic (exact) mass is 389 g/mol. The number of thioether (sulfide) groups is 1. The van der Waals surface area contributed by atoms with Crippen molar-refractivity contribution in [3.05, 3.63) is 41.9 Å². The lowest BCUT2D eigenvalue weighted by Crippen LogP contribution is -2.15. The molecule has 1 N–H and O–H groups in total. The van der Waals surface area contributed by atoms with E-state index in [1.165, 1.54) is 17.8 Å². The Hall–Kier alpha value is -2.68. The average Bonchev–Trinajstić information content (AvgIpc) is 3.19. The number of carbonyl (C=O) groups is 1. The number of rotatable bonds is 7. The summed E-state index contributed by atoms with van der Waals surface area (Å²) in [6, 6.07) is 8.09. The van der Waals surface area contributed by atoms with E-state index in [1.54, 1.807) is 31.2 Å². The minimum Gasteiger partial charge on any atom is -0.360 e. The smallest absolute Gasteiger partial charge is 0.236 e. The highest BCUT2D eigenvalue weighted by Gasteiger charge is 2.19. The Morgan fingerprint density at radius 3 is 2.78 bits per heavy atom. The number of nitrogens with zero attached hydrogens (tertiary/aromatic N) is 4. The number of anilines is 1. The van der Waals surface area contributed by atoms with Crippen molar-refractivity contribution in [1.29, 1.82) is 0 Å². The molecule has 0 aliphatic rings. The van der Waals surface area contributed by atoms with Gasteiger partial charge in [-0.3, -0.25) is 4.79 Å². The van der Waals surface area contributed by atoms with E-state index in [0.717, 1.165) is 0 Å². The molecule has 1 aromatic carbocycles. The van der Waals surface area contributed by atoms with E-state index in [9.17, 15) is 9.18 Å². The second-order valence-electron chi connectivity index (χ2n) is 6.45. The molecule has 2 aromatic heterocycles. The summed E-state index contributed by atoms with van der Waals surface area (Å²) >= 11 is 1.24. The van der Waals surface area contributed by atoms with Crippen LogP contribution in [0.4, 0.5) is 10.2 Å². The van der Waals surface area contributed by atoms with E-state index >= 15 is 0 Å². The zero-order valence-electron chi connectivity index (χ0n) is 15.3. The lowest BCUT2D eigenvalue weighted by atomic mass is 10.2. The third-order valence-electron chi connectivity index (χ3n) is 3.61. The van der Waals surface area contributed by atoms with Crippen LogP contribution in [0.3, 0.4) is 0 Å². The summed E-state index contributed by atoms with van der Waals surface area (Å²) in [4.78, 5) is 12.1. The first-order chi connectivity index (χ1) is 12.9. The molecule has 142 valence electrons. The van der Waals surface area contributed by atoms with Crippen LogP contribution in [-0.4, -0.2) is 31.6 Å². The molecule has 0 bridgehead atoms. The molecule has 2 heterocycles. The molecule has 1 amide bonds. The normalized spacial score (nSPS) is 11.1. The molecule has 0 aliphatic heterocycles. The summed E-state index contributed by atoms with van der Waals surface area (Å²) in [7, 11) is 0.